The summed E-state index contributed by atoms with van der Waals surface area (Å²) in [6.07, 6.45) is 2.47. The number of hydrogen-bond donors (Lipinski definition) is 1. The first-order chi connectivity index (χ1) is 12.2. The molecular weight excluding hydrogens is 336 g/mol. The Morgan fingerprint density at radius 3 is 2.80 bits per heavy atom. The highest BCUT2D eigenvalue weighted by molar-refractivity contribution is 7.10. The maximum absolute atomic E-state index is 12.4. The zero-order chi connectivity index (χ0) is 17.6. The lowest BCUT2D eigenvalue weighted by Gasteiger charge is -2.16. The highest BCUT2D eigenvalue weighted by Crippen LogP contribution is 2.23. The molecule has 1 amide bonds. The predicted molar refractivity (Wildman–Crippen MR) is 98.4 cm³/mol. The van der Waals surface area contributed by atoms with Gasteiger partial charge in [-0.3, -0.25) is 9.59 Å². The maximum Gasteiger partial charge on any atom is 0.307 e. The Hall–Kier alpha value is -2.60. The molecule has 0 radical (unpaired) electrons. The quantitative estimate of drug-likeness (QED) is 0.659. The zero-order valence-electron chi connectivity index (χ0n) is 14.0. The number of ether oxygens (including phenoxy) is 1. The van der Waals surface area contributed by atoms with E-state index in [2.05, 4.69) is 16.0 Å². The number of nitrogens with zero attached hydrogens (tertiary/aromatic N) is 1. The number of amides is 1. The van der Waals surface area contributed by atoms with Gasteiger partial charge in [-0.15, -0.1) is 11.3 Å². The van der Waals surface area contributed by atoms with Gasteiger partial charge in [-0.05, 0) is 29.0 Å². The fourth-order valence-electron chi connectivity index (χ4n) is 2.79. The number of thiophene rings is 1. The van der Waals surface area contributed by atoms with E-state index in [9.17, 15) is 9.59 Å². The fraction of sp³-hybridized carbons (Fsp3) is 0.263. The number of esters is 1. The van der Waals surface area contributed by atoms with Crippen molar-refractivity contribution in [1.29, 1.82) is 0 Å². The number of aromatic nitrogens is 1. The van der Waals surface area contributed by atoms with Crippen LogP contribution in [-0.4, -0.2) is 23.6 Å². The van der Waals surface area contributed by atoms with E-state index in [-0.39, 0.29) is 24.3 Å². The van der Waals surface area contributed by atoms with Crippen LogP contribution < -0.4 is 5.32 Å². The Morgan fingerprint density at radius 1 is 1.20 bits per heavy atom. The Bertz CT molecular complexity index is 855. The van der Waals surface area contributed by atoms with E-state index in [1.165, 1.54) is 18.4 Å². The average Bonchev–Trinajstić information content (AvgIpc) is 3.29. The summed E-state index contributed by atoms with van der Waals surface area (Å²) in [7, 11) is 1.35. The molecule has 0 aliphatic rings. The molecule has 2 heterocycles. The molecule has 1 aromatic carbocycles. The predicted octanol–water partition coefficient (Wildman–Crippen LogP) is 3.51. The van der Waals surface area contributed by atoms with Gasteiger partial charge in [-0.1, -0.05) is 24.3 Å². The molecule has 0 aliphatic heterocycles. The molecule has 5 nitrogen and oxygen atoms in total. The van der Waals surface area contributed by atoms with Crippen molar-refractivity contribution in [3.05, 3.63) is 58.9 Å². The minimum Gasteiger partial charge on any atom is -0.469 e. The van der Waals surface area contributed by atoms with Gasteiger partial charge in [0.2, 0.25) is 5.91 Å². The van der Waals surface area contributed by atoms with E-state index in [4.69, 9.17) is 4.74 Å². The van der Waals surface area contributed by atoms with Gasteiger partial charge in [-0.25, -0.2) is 0 Å². The standard InChI is InChI=1S/C19H20N2O3S/c1-24-19(23)13-15(17-7-4-12-25-17)20-18(22)9-11-21-10-8-14-5-2-3-6-16(14)21/h2-8,10,12,15H,9,11,13H2,1H3,(H,20,22)/t15-/m0/s1. The third-order valence-corrected chi connectivity index (χ3v) is 5.07. The van der Waals surface area contributed by atoms with Crippen molar-refractivity contribution in [2.24, 2.45) is 0 Å². The number of para-hydroxylation sites is 1. The van der Waals surface area contributed by atoms with Gasteiger partial charge in [-0.2, -0.15) is 0 Å². The van der Waals surface area contributed by atoms with Crippen LogP contribution in [0.4, 0.5) is 0 Å². The van der Waals surface area contributed by atoms with Crippen LogP contribution in [-0.2, 0) is 20.9 Å². The first-order valence-corrected chi connectivity index (χ1v) is 8.99. The molecule has 0 saturated heterocycles. The van der Waals surface area contributed by atoms with Gasteiger partial charge in [0, 0.05) is 29.6 Å². The Labute approximate surface area is 150 Å². The molecule has 0 spiro atoms. The molecule has 1 atom stereocenters. The van der Waals surface area contributed by atoms with Crippen LogP contribution in [0.3, 0.4) is 0 Å². The Kier molecular flexibility index (Phi) is 5.50. The summed E-state index contributed by atoms with van der Waals surface area (Å²) in [5.74, 6) is -0.421. The van der Waals surface area contributed by atoms with E-state index in [1.807, 2.05) is 48.0 Å². The van der Waals surface area contributed by atoms with Gasteiger partial charge >= 0.3 is 5.97 Å². The summed E-state index contributed by atoms with van der Waals surface area (Å²) in [5, 5.41) is 6.04. The number of nitrogens with one attached hydrogen (secondary N) is 1. The number of carbonyl (C=O) groups is 2. The van der Waals surface area contributed by atoms with Gasteiger partial charge in [0.25, 0.3) is 0 Å². The molecule has 3 rings (SSSR count). The molecule has 0 bridgehead atoms. The molecule has 3 aromatic rings. The van der Waals surface area contributed by atoms with Gasteiger partial charge in [0.15, 0.2) is 0 Å². The molecule has 0 aliphatic carbocycles. The van der Waals surface area contributed by atoms with Crippen molar-refractivity contribution in [2.75, 3.05) is 7.11 Å². The molecule has 1 N–H and O–H groups in total. The molecule has 0 saturated carbocycles. The monoisotopic (exact) mass is 356 g/mol. The lowest BCUT2D eigenvalue weighted by atomic mass is 10.1. The van der Waals surface area contributed by atoms with Crippen LogP contribution in [0, 0.1) is 0 Å². The van der Waals surface area contributed by atoms with E-state index in [1.54, 1.807) is 0 Å². The SMILES string of the molecule is COC(=O)C[C@H](NC(=O)CCn1ccc2ccccc21)c1cccs1. The highest BCUT2D eigenvalue weighted by atomic mass is 32.1. The summed E-state index contributed by atoms with van der Waals surface area (Å²) < 4.78 is 6.80. The van der Waals surface area contributed by atoms with Gasteiger partial charge in [0.05, 0.1) is 19.6 Å². The van der Waals surface area contributed by atoms with Crippen LogP contribution in [0.15, 0.2) is 54.0 Å². The summed E-state index contributed by atoms with van der Waals surface area (Å²) in [6.45, 7) is 0.592. The summed E-state index contributed by atoms with van der Waals surface area (Å²) in [6, 6.07) is 13.6. The second-order valence-corrected chi connectivity index (χ2v) is 6.71. The Balaban J connectivity index is 1.62. The number of hydrogen-bond acceptors (Lipinski definition) is 4. The fourth-order valence-corrected chi connectivity index (χ4v) is 3.56. The molecule has 0 fully saturated rings. The number of fused-ring (bicyclic) bond motifs is 1. The van der Waals surface area contributed by atoms with Crippen LogP contribution in [0.5, 0.6) is 0 Å². The third kappa shape index (κ3) is 4.28. The number of methoxy groups -OCH3 is 1. The van der Waals surface area contributed by atoms with Crippen molar-refractivity contribution in [3.8, 4) is 0 Å². The summed E-state index contributed by atoms with van der Waals surface area (Å²) in [5.41, 5.74) is 1.11. The molecule has 25 heavy (non-hydrogen) atoms. The van der Waals surface area contributed by atoms with Crippen molar-refractivity contribution in [2.45, 2.75) is 25.4 Å². The highest BCUT2D eigenvalue weighted by Gasteiger charge is 2.19. The number of aryl methyl sites for hydroxylation is 1. The van der Waals surface area contributed by atoms with E-state index >= 15 is 0 Å². The van der Waals surface area contributed by atoms with Crippen LogP contribution >= 0.6 is 11.3 Å². The molecule has 6 heteroatoms. The topological polar surface area (TPSA) is 60.3 Å². The van der Waals surface area contributed by atoms with Crippen LogP contribution in [0.25, 0.3) is 10.9 Å². The van der Waals surface area contributed by atoms with Gasteiger partial charge < -0.3 is 14.6 Å². The van der Waals surface area contributed by atoms with E-state index < -0.39 is 0 Å². The summed E-state index contributed by atoms with van der Waals surface area (Å²) >= 11 is 1.52. The zero-order valence-corrected chi connectivity index (χ0v) is 14.8. The second kappa shape index (κ2) is 7.98. The maximum atomic E-state index is 12.4. The lowest BCUT2D eigenvalue weighted by molar-refractivity contribution is -0.141. The average molecular weight is 356 g/mol. The van der Waals surface area contributed by atoms with Crippen molar-refractivity contribution in [3.63, 3.8) is 0 Å². The minimum atomic E-state index is -0.346. The van der Waals surface area contributed by atoms with Crippen LogP contribution in [0.1, 0.15) is 23.8 Å². The third-order valence-electron chi connectivity index (χ3n) is 4.08. The summed E-state index contributed by atoms with van der Waals surface area (Å²) in [4.78, 5) is 24.9. The minimum absolute atomic E-state index is 0.0833. The number of benzene rings is 1. The van der Waals surface area contributed by atoms with Crippen molar-refractivity contribution >= 4 is 34.1 Å². The number of rotatable bonds is 7. The molecule has 0 unspecified atom stereocenters. The second-order valence-electron chi connectivity index (χ2n) is 5.73. The van der Waals surface area contributed by atoms with Crippen molar-refractivity contribution < 1.29 is 14.3 Å². The lowest BCUT2D eigenvalue weighted by Crippen LogP contribution is -2.30. The first kappa shape index (κ1) is 17.2. The van der Waals surface area contributed by atoms with Crippen LogP contribution in [0.2, 0.25) is 0 Å². The smallest absolute Gasteiger partial charge is 0.307 e. The largest absolute Gasteiger partial charge is 0.469 e. The normalized spacial score (nSPS) is 12.0. The Morgan fingerprint density at radius 2 is 2.04 bits per heavy atom. The van der Waals surface area contributed by atoms with Gasteiger partial charge in [0.1, 0.15) is 0 Å². The van der Waals surface area contributed by atoms with E-state index in [0.29, 0.717) is 13.0 Å². The number of carbonyl (C=O) groups excluding carboxylic acids is 2. The molecule has 2 aromatic heterocycles. The van der Waals surface area contributed by atoms with Crippen molar-refractivity contribution in [1.82, 2.24) is 9.88 Å². The molecular formula is C19H20N2O3S. The first-order valence-electron chi connectivity index (χ1n) is 8.11. The van der Waals surface area contributed by atoms with E-state index in [0.717, 1.165) is 15.8 Å². The molecule has 130 valence electrons.